The van der Waals surface area contributed by atoms with E-state index in [4.69, 9.17) is 10.5 Å². The fraction of sp³-hybridized carbons (Fsp3) is 0.615. The molecule has 1 aliphatic rings. The van der Waals surface area contributed by atoms with Gasteiger partial charge in [0.05, 0.1) is 12.3 Å². The number of aromatic nitrogens is 1. The fourth-order valence-electron chi connectivity index (χ4n) is 1.65. The average molecular weight is 289 g/mol. The van der Waals surface area contributed by atoms with Crippen LogP contribution in [0.1, 0.15) is 25.7 Å². The molecule has 0 saturated heterocycles. The van der Waals surface area contributed by atoms with Crippen molar-refractivity contribution in [3.05, 3.63) is 12.1 Å². The van der Waals surface area contributed by atoms with E-state index in [1.165, 1.54) is 0 Å². The van der Waals surface area contributed by atoms with E-state index in [1.54, 1.807) is 12.1 Å². The summed E-state index contributed by atoms with van der Waals surface area (Å²) in [5.41, 5.74) is 6.18. The van der Waals surface area contributed by atoms with Crippen molar-refractivity contribution in [1.82, 2.24) is 4.98 Å². The summed E-state index contributed by atoms with van der Waals surface area (Å²) in [4.78, 5) is 4.17. The number of hydrogen-bond donors (Lipinski definition) is 2. The van der Waals surface area contributed by atoms with Gasteiger partial charge in [0.2, 0.25) is 5.88 Å². The summed E-state index contributed by atoms with van der Waals surface area (Å²) in [6.07, 6.45) is -2.59. The predicted molar refractivity (Wildman–Crippen MR) is 70.6 cm³/mol. The highest BCUT2D eigenvalue weighted by atomic mass is 19.4. The van der Waals surface area contributed by atoms with Crippen molar-refractivity contribution in [3.63, 3.8) is 0 Å². The molecule has 112 valence electrons. The molecule has 0 aromatic carbocycles. The zero-order valence-electron chi connectivity index (χ0n) is 11.0. The molecular formula is C13H18F3N3O. The summed E-state index contributed by atoms with van der Waals surface area (Å²) >= 11 is 0. The minimum atomic E-state index is -4.12. The smallest absolute Gasteiger partial charge is 0.389 e. The van der Waals surface area contributed by atoms with Crippen molar-refractivity contribution in [2.24, 2.45) is 5.92 Å². The van der Waals surface area contributed by atoms with Gasteiger partial charge in [0.25, 0.3) is 0 Å². The number of nitrogens with one attached hydrogen (secondary N) is 1. The predicted octanol–water partition coefficient (Wildman–Crippen LogP) is 3.21. The molecule has 4 nitrogen and oxygen atoms in total. The van der Waals surface area contributed by atoms with E-state index < -0.39 is 12.6 Å². The van der Waals surface area contributed by atoms with Crippen LogP contribution in [0.5, 0.6) is 5.88 Å². The van der Waals surface area contributed by atoms with Crippen LogP contribution in [0.4, 0.5) is 24.7 Å². The van der Waals surface area contributed by atoms with Gasteiger partial charge in [-0.25, -0.2) is 0 Å². The molecule has 1 heterocycles. The topological polar surface area (TPSA) is 60.2 Å². The number of rotatable bonds is 7. The molecule has 3 N–H and O–H groups in total. The molecule has 0 unspecified atom stereocenters. The van der Waals surface area contributed by atoms with Crippen LogP contribution in [0.2, 0.25) is 0 Å². The molecule has 0 spiro atoms. The van der Waals surface area contributed by atoms with Gasteiger partial charge in [-0.05, 0) is 37.3 Å². The average Bonchev–Trinajstić information content (AvgIpc) is 3.17. The number of alkyl halides is 3. The van der Waals surface area contributed by atoms with Crippen LogP contribution in [0.15, 0.2) is 12.1 Å². The van der Waals surface area contributed by atoms with Crippen LogP contribution in [0.25, 0.3) is 0 Å². The summed E-state index contributed by atoms with van der Waals surface area (Å²) in [6, 6.07) is 3.27. The van der Waals surface area contributed by atoms with Gasteiger partial charge in [0.15, 0.2) is 0 Å². The van der Waals surface area contributed by atoms with Gasteiger partial charge in [-0.1, -0.05) is 0 Å². The maximum Gasteiger partial charge on any atom is 0.389 e. The van der Waals surface area contributed by atoms with E-state index in [9.17, 15) is 13.2 Å². The van der Waals surface area contributed by atoms with Gasteiger partial charge in [-0.2, -0.15) is 18.2 Å². The van der Waals surface area contributed by atoms with E-state index >= 15 is 0 Å². The lowest BCUT2D eigenvalue weighted by atomic mass is 10.3. The molecular weight excluding hydrogens is 271 g/mol. The molecule has 1 aromatic heterocycles. The molecule has 0 atom stereocenters. The molecule has 1 saturated carbocycles. The number of hydrogen-bond acceptors (Lipinski definition) is 4. The third-order valence-electron chi connectivity index (χ3n) is 2.99. The van der Waals surface area contributed by atoms with Crippen molar-refractivity contribution in [1.29, 1.82) is 0 Å². The van der Waals surface area contributed by atoms with Crippen molar-refractivity contribution >= 4 is 11.5 Å². The molecule has 0 bridgehead atoms. The van der Waals surface area contributed by atoms with Gasteiger partial charge in [0.1, 0.15) is 5.82 Å². The monoisotopic (exact) mass is 289 g/mol. The maximum atomic E-state index is 12.0. The Hall–Kier alpha value is -1.66. The van der Waals surface area contributed by atoms with E-state index in [-0.39, 0.29) is 13.0 Å². The molecule has 7 heteroatoms. The quantitative estimate of drug-likeness (QED) is 0.757. The Balaban J connectivity index is 1.80. The minimum absolute atomic E-state index is 0.00776. The normalized spacial score (nSPS) is 15.2. The van der Waals surface area contributed by atoms with Crippen LogP contribution < -0.4 is 15.8 Å². The summed E-state index contributed by atoms with van der Waals surface area (Å²) in [7, 11) is 0. The number of ether oxygens (including phenoxy) is 1. The van der Waals surface area contributed by atoms with E-state index in [1.807, 2.05) is 0 Å². The van der Waals surface area contributed by atoms with Gasteiger partial charge in [0, 0.05) is 13.0 Å². The second kappa shape index (κ2) is 6.19. The van der Waals surface area contributed by atoms with Crippen LogP contribution in [0, 0.1) is 5.92 Å². The highest BCUT2D eigenvalue weighted by molar-refractivity contribution is 5.53. The Morgan fingerprint density at radius 2 is 2.10 bits per heavy atom. The molecule has 1 aliphatic carbocycles. The molecule has 2 rings (SSSR count). The largest absolute Gasteiger partial charge is 0.476 e. The van der Waals surface area contributed by atoms with E-state index in [2.05, 4.69) is 10.3 Å². The van der Waals surface area contributed by atoms with Crippen molar-refractivity contribution in [2.45, 2.75) is 31.9 Å². The Bertz CT molecular complexity index is 447. The Kier molecular flexibility index (Phi) is 4.57. The SMILES string of the molecule is Nc1ccc(NCCCC(F)(F)F)nc1OCC1CC1. The molecule has 0 radical (unpaired) electrons. The molecule has 0 amide bonds. The number of halogens is 3. The first-order valence-corrected chi connectivity index (χ1v) is 6.64. The maximum absolute atomic E-state index is 12.0. The third kappa shape index (κ3) is 5.14. The Morgan fingerprint density at radius 3 is 2.75 bits per heavy atom. The minimum Gasteiger partial charge on any atom is -0.476 e. The van der Waals surface area contributed by atoms with Crippen molar-refractivity contribution in [2.75, 3.05) is 24.2 Å². The Morgan fingerprint density at radius 1 is 1.35 bits per heavy atom. The van der Waals surface area contributed by atoms with Gasteiger partial charge >= 0.3 is 6.18 Å². The first kappa shape index (κ1) is 14.7. The van der Waals surface area contributed by atoms with Crippen LogP contribution >= 0.6 is 0 Å². The molecule has 1 aromatic rings. The summed E-state index contributed by atoms with van der Waals surface area (Å²) < 4.78 is 41.5. The third-order valence-corrected chi connectivity index (χ3v) is 2.99. The van der Waals surface area contributed by atoms with Crippen LogP contribution in [0.3, 0.4) is 0 Å². The van der Waals surface area contributed by atoms with Crippen LogP contribution in [-0.2, 0) is 0 Å². The fourth-order valence-corrected chi connectivity index (χ4v) is 1.65. The summed E-state index contributed by atoms with van der Waals surface area (Å²) in [6.45, 7) is 0.799. The lowest BCUT2D eigenvalue weighted by Crippen LogP contribution is -2.12. The first-order valence-electron chi connectivity index (χ1n) is 6.64. The van der Waals surface area contributed by atoms with E-state index in [0.29, 0.717) is 29.9 Å². The number of nitrogens with zero attached hydrogens (tertiary/aromatic N) is 1. The first-order chi connectivity index (χ1) is 9.44. The van der Waals surface area contributed by atoms with Crippen molar-refractivity contribution < 1.29 is 17.9 Å². The molecule has 0 aliphatic heterocycles. The van der Waals surface area contributed by atoms with E-state index in [0.717, 1.165) is 12.8 Å². The highest BCUT2D eigenvalue weighted by Crippen LogP contribution is 2.30. The zero-order chi connectivity index (χ0) is 14.6. The number of nitrogen functional groups attached to an aromatic ring is 1. The zero-order valence-corrected chi connectivity index (χ0v) is 11.0. The van der Waals surface area contributed by atoms with Gasteiger partial charge < -0.3 is 15.8 Å². The Labute approximate surface area is 115 Å². The second-order valence-corrected chi connectivity index (χ2v) is 4.99. The van der Waals surface area contributed by atoms with Crippen molar-refractivity contribution in [3.8, 4) is 5.88 Å². The lowest BCUT2D eigenvalue weighted by molar-refractivity contribution is -0.134. The number of anilines is 2. The summed E-state index contributed by atoms with van der Waals surface area (Å²) in [5, 5.41) is 2.84. The molecule has 20 heavy (non-hydrogen) atoms. The number of nitrogens with two attached hydrogens (primary N) is 1. The standard InChI is InChI=1S/C13H18F3N3O/c14-13(15,16)6-1-7-18-11-5-4-10(17)12(19-11)20-8-9-2-3-9/h4-5,9H,1-3,6-8,17H2,(H,18,19). The van der Waals surface area contributed by atoms with Gasteiger partial charge in [-0.3, -0.25) is 0 Å². The lowest BCUT2D eigenvalue weighted by Gasteiger charge is -2.11. The number of pyridine rings is 1. The van der Waals surface area contributed by atoms with Crippen LogP contribution in [-0.4, -0.2) is 24.3 Å². The molecule has 1 fully saturated rings. The van der Waals surface area contributed by atoms with Gasteiger partial charge in [-0.15, -0.1) is 0 Å². The second-order valence-electron chi connectivity index (χ2n) is 4.99. The summed E-state index contributed by atoms with van der Waals surface area (Å²) in [5.74, 6) is 1.41. The highest BCUT2D eigenvalue weighted by Gasteiger charge is 2.26.